The lowest BCUT2D eigenvalue weighted by Gasteiger charge is -2.29. The molecule has 3 rings (SSSR count). The van der Waals surface area contributed by atoms with Crippen molar-refractivity contribution in [2.24, 2.45) is 11.6 Å². The van der Waals surface area contributed by atoms with Crippen molar-refractivity contribution in [1.29, 1.82) is 0 Å². The highest BCUT2D eigenvalue weighted by atomic mass is 16.3. The molecule has 9 heteroatoms. The Labute approximate surface area is 181 Å². The smallest absolute Gasteiger partial charge is 0.269 e. The lowest BCUT2D eigenvalue weighted by molar-refractivity contribution is -0.131. The predicted molar refractivity (Wildman–Crippen MR) is 120 cm³/mol. The Kier molecular flexibility index (Phi) is 6.98. The molecule has 1 aromatic carbocycles. The maximum absolute atomic E-state index is 12.7. The van der Waals surface area contributed by atoms with Crippen molar-refractivity contribution in [2.45, 2.75) is 12.8 Å². The fourth-order valence-electron chi connectivity index (χ4n) is 3.61. The van der Waals surface area contributed by atoms with Gasteiger partial charge >= 0.3 is 0 Å². The fraction of sp³-hybridized carbons (Fsp3) is 0.364. The second-order valence-electron chi connectivity index (χ2n) is 7.78. The molecule has 1 aromatic heterocycles. The number of H-pyrrole nitrogens is 1. The van der Waals surface area contributed by atoms with E-state index in [0.717, 1.165) is 28.5 Å². The molecule has 2 heterocycles. The quantitative estimate of drug-likeness (QED) is 0.383. The van der Waals surface area contributed by atoms with E-state index in [1.54, 1.807) is 14.1 Å². The first-order valence-electron chi connectivity index (χ1n) is 10.2. The summed E-state index contributed by atoms with van der Waals surface area (Å²) in [5.74, 6) is 5.76. The van der Waals surface area contributed by atoms with Crippen molar-refractivity contribution in [3.63, 3.8) is 0 Å². The minimum Gasteiger partial charge on any atom is -0.403 e. The van der Waals surface area contributed by atoms with E-state index >= 15 is 0 Å². The van der Waals surface area contributed by atoms with Gasteiger partial charge in [-0.2, -0.15) is 0 Å². The second-order valence-corrected chi connectivity index (χ2v) is 7.78. The first-order chi connectivity index (χ1) is 14.8. The molecular weight excluding hydrogens is 396 g/mol. The van der Waals surface area contributed by atoms with Crippen LogP contribution >= 0.6 is 0 Å². The van der Waals surface area contributed by atoms with Gasteiger partial charge in [0.05, 0.1) is 12.3 Å². The molecule has 0 unspecified atom stereocenters. The van der Waals surface area contributed by atoms with Gasteiger partial charge < -0.3 is 30.6 Å². The summed E-state index contributed by atoms with van der Waals surface area (Å²) in [4.78, 5) is 31.4. The molecule has 1 aliphatic rings. The maximum Gasteiger partial charge on any atom is 0.269 e. The lowest BCUT2D eigenvalue weighted by atomic mass is 10.00. The third-order valence-electron chi connectivity index (χ3n) is 5.42. The fourth-order valence-corrected chi connectivity index (χ4v) is 3.61. The molecule has 0 atom stereocenters. The summed E-state index contributed by atoms with van der Waals surface area (Å²) in [6.45, 7) is 1.16. The zero-order chi connectivity index (χ0) is 22.5. The Bertz CT molecular complexity index is 1020. The van der Waals surface area contributed by atoms with E-state index in [9.17, 15) is 14.7 Å². The van der Waals surface area contributed by atoms with Gasteiger partial charge in [0, 0.05) is 57.3 Å². The van der Waals surface area contributed by atoms with Crippen LogP contribution in [-0.4, -0.2) is 77.1 Å². The van der Waals surface area contributed by atoms with E-state index in [-0.39, 0.29) is 31.4 Å². The highest BCUT2D eigenvalue weighted by Crippen LogP contribution is 2.25. The zero-order valence-corrected chi connectivity index (χ0v) is 18.0. The van der Waals surface area contributed by atoms with E-state index in [1.165, 1.54) is 16.1 Å². The Morgan fingerprint density at radius 1 is 1.29 bits per heavy atom. The Balaban J connectivity index is 1.68. The number of benzene rings is 1. The third-order valence-corrected chi connectivity index (χ3v) is 5.42. The molecule has 0 saturated heterocycles. The number of fused-ring (bicyclic) bond motifs is 1. The average Bonchev–Trinajstić information content (AvgIpc) is 3.21. The summed E-state index contributed by atoms with van der Waals surface area (Å²) in [5.41, 5.74) is 9.31. The highest BCUT2D eigenvalue weighted by molar-refractivity contribution is 5.98. The average molecular weight is 427 g/mol. The van der Waals surface area contributed by atoms with Crippen LogP contribution in [0.4, 0.5) is 0 Å². The number of nitrogens with two attached hydrogens (primary N) is 2. The van der Waals surface area contributed by atoms with Crippen molar-refractivity contribution in [3.05, 3.63) is 53.5 Å². The van der Waals surface area contributed by atoms with Gasteiger partial charge in [-0.15, -0.1) is 0 Å². The number of nitrogens with zero attached hydrogens (tertiary/aromatic N) is 3. The van der Waals surface area contributed by atoms with E-state index in [1.807, 2.05) is 29.2 Å². The van der Waals surface area contributed by atoms with Gasteiger partial charge in [0.15, 0.2) is 0 Å². The van der Waals surface area contributed by atoms with Crippen LogP contribution in [0.15, 0.2) is 42.2 Å². The second kappa shape index (κ2) is 9.67. The predicted octanol–water partition coefficient (Wildman–Crippen LogP) is 0.844. The van der Waals surface area contributed by atoms with E-state index in [2.05, 4.69) is 11.1 Å². The molecule has 0 saturated carbocycles. The molecule has 9 nitrogen and oxygen atoms in total. The van der Waals surface area contributed by atoms with Gasteiger partial charge in [0.1, 0.15) is 5.69 Å². The van der Waals surface area contributed by atoms with Gasteiger partial charge in [-0.1, -0.05) is 18.2 Å². The van der Waals surface area contributed by atoms with Crippen molar-refractivity contribution in [1.82, 2.24) is 19.8 Å². The lowest BCUT2D eigenvalue weighted by Crippen LogP contribution is -2.39. The number of carbonyl (C=O) groups excluding carboxylic acids is 2. The largest absolute Gasteiger partial charge is 0.403 e. The number of hydrogen-bond donors (Lipinski definition) is 4. The van der Waals surface area contributed by atoms with Gasteiger partial charge in [0.25, 0.3) is 5.91 Å². The number of aliphatic hydroxyl groups excluding tert-OH is 1. The highest BCUT2D eigenvalue weighted by Gasteiger charge is 2.20. The summed E-state index contributed by atoms with van der Waals surface area (Å²) in [6.07, 6.45) is 4.38. The first-order valence-corrected chi connectivity index (χ1v) is 10.2. The van der Waals surface area contributed by atoms with Crippen LogP contribution < -0.4 is 11.6 Å². The van der Waals surface area contributed by atoms with E-state index in [4.69, 9.17) is 11.6 Å². The van der Waals surface area contributed by atoms with Crippen molar-refractivity contribution in [3.8, 4) is 0 Å². The summed E-state index contributed by atoms with van der Waals surface area (Å²) in [6, 6.07) is 7.86. The summed E-state index contributed by atoms with van der Waals surface area (Å²) in [5, 5.41) is 11.5. The topological polar surface area (TPSA) is 132 Å². The number of nitrogens with one attached hydrogen (secondary N) is 1. The molecule has 166 valence electrons. The number of carbonyl (C=O) groups is 2. The van der Waals surface area contributed by atoms with E-state index < -0.39 is 0 Å². The SMILES string of the molecule is CN(C)C(=O)c1cc2ccc(C3=CCCN(C(=O)CCN(N)/C(=C\N)CO)C3)cc2[nH]1. The van der Waals surface area contributed by atoms with Crippen LogP contribution in [-0.2, 0) is 4.79 Å². The number of amides is 2. The standard InChI is InChI=1S/C22H30N6O3/c1-26(2)22(31)20-11-16-6-5-15(10-19(16)25-20)17-4-3-8-27(13-17)21(30)7-9-28(24)18(12-23)14-29/h4-6,10-12,25,29H,3,7-9,13-14,23-24H2,1-2H3/b18-12-. The van der Waals surface area contributed by atoms with Gasteiger partial charge in [-0.25, -0.2) is 5.84 Å². The van der Waals surface area contributed by atoms with Gasteiger partial charge in [0.2, 0.25) is 5.91 Å². The van der Waals surface area contributed by atoms with Crippen LogP contribution in [0.5, 0.6) is 0 Å². The van der Waals surface area contributed by atoms with Crippen molar-refractivity contribution < 1.29 is 14.7 Å². The zero-order valence-electron chi connectivity index (χ0n) is 18.0. The molecule has 0 bridgehead atoms. The number of hydrazine groups is 1. The number of aliphatic hydroxyl groups is 1. The number of aromatic amines is 1. The Morgan fingerprint density at radius 3 is 2.74 bits per heavy atom. The molecule has 2 aromatic rings. The van der Waals surface area contributed by atoms with Gasteiger partial charge in [-0.05, 0) is 29.7 Å². The molecule has 31 heavy (non-hydrogen) atoms. The summed E-state index contributed by atoms with van der Waals surface area (Å²) in [7, 11) is 3.44. The molecule has 6 N–H and O–H groups in total. The summed E-state index contributed by atoms with van der Waals surface area (Å²) >= 11 is 0. The molecule has 0 radical (unpaired) electrons. The maximum atomic E-state index is 12.7. The van der Waals surface area contributed by atoms with Crippen LogP contribution in [0.25, 0.3) is 16.5 Å². The monoisotopic (exact) mass is 426 g/mol. The van der Waals surface area contributed by atoms with E-state index in [0.29, 0.717) is 24.5 Å². The van der Waals surface area contributed by atoms with Crippen LogP contribution in [0.3, 0.4) is 0 Å². The minimum atomic E-state index is -0.277. The summed E-state index contributed by atoms with van der Waals surface area (Å²) < 4.78 is 0. The number of hydrogen-bond acceptors (Lipinski definition) is 6. The normalized spacial score (nSPS) is 14.5. The molecule has 1 aliphatic heterocycles. The molecule has 2 amide bonds. The van der Waals surface area contributed by atoms with Crippen LogP contribution in [0, 0.1) is 0 Å². The first kappa shape index (κ1) is 22.4. The van der Waals surface area contributed by atoms with Crippen LogP contribution in [0.2, 0.25) is 0 Å². The van der Waals surface area contributed by atoms with Crippen molar-refractivity contribution in [2.75, 3.05) is 40.3 Å². The minimum absolute atomic E-state index is 0.00446. The molecule has 0 spiro atoms. The third kappa shape index (κ3) is 5.07. The van der Waals surface area contributed by atoms with Crippen molar-refractivity contribution >= 4 is 28.3 Å². The number of aromatic nitrogens is 1. The van der Waals surface area contributed by atoms with Crippen LogP contribution in [0.1, 0.15) is 28.9 Å². The van der Waals surface area contributed by atoms with Gasteiger partial charge in [-0.3, -0.25) is 9.59 Å². The number of rotatable bonds is 7. The Hall–Kier alpha value is -3.30. The molecule has 0 fully saturated rings. The molecule has 0 aliphatic carbocycles. The molecular formula is C22H30N6O3. The Morgan fingerprint density at radius 2 is 2.06 bits per heavy atom.